The van der Waals surface area contributed by atoms with Gasteiger partial charge in [0.2, 0.25) is 5.91 Å². The molecule has 0 aromatic carbocycles. The zero-order chi connectivity index (χ0) is 16.7. The summed E-state index contributed by atoms with van der Waals surface area (Å²) >= 11 is 0. The molecule has 136 valence electrons. The highest BCUT2D eigenvalue weighted by atomic mass is 19.1. The number of carbonyl (C=O) groups excluding carboxylic acids is 1. The summed E-state index contributed by atoms with van der Waals surface area (Å²) in [6, 6.07) is 0.0589. The molecular formula is C18H31FN4O. The Labute approximate surface area is 144 Å². The number of piperidine rings is 1. The Morgan fingerprint density at radius 3 is 2.75 bits per heavy atom. The van der Waals surface area contributed by atoms with Gasteiger partial charge in [0.1, 0.15) is 6.17 Å². The van der Waals surface area contributed by atoms with Crippen molar-refractivity contribution in [3.05, 3.63) is 0 Å². The van der Waals surface area contributed by atoms with Gasteiger partial charge in [0.05, 0.1) is 6.04 Å². The molecule has 6 heteroatoms. The van der Waals surface area contributed by atoms with Crippen LogP contribution in [0.4, 0.5) is 4.39 Å². The van der Waals surface area contributed by atoms with Gasteiger partial charge in [-0.25, -0.2) is 4.39 Å². The molecular weight excluding hydrogens is 307 g/mol. The quantitative estimate of drug-likeness (QED) is 0.785. The van der Waals surface area contributed by atoms with Gasteiger partial charge in [-0.3, -0.25) is 9.69 Å². The van der Waals surface area contributed by atoms with E-state index >= 15 is 4.39 Å². The van der Waals surface area contributed by atoms with Crippen LogP contribution in [0.15, 0.2) is 0 Å². The van der Waals surface area contributed by atoms with E-state index in [4.69, 9.17) is 5.73 Å². The van der Waals surface area contributed by atoms with E-state index in [9.17, 15) is 4.79 Å². The molecule has 5 nitrogen and oxygen atoms in total. The molecule has 3 unspecified atom stereocenters. The highest BCUT2D eigenvalue weighted by Gasteiger charge is 2.52. The van der Waals surface area contributed by atoms with Crippen LogP contribution in [0, 0.1) is 5.92 Å². The molecule has 0 radical (unpaired) electrons. The predicted molar refractivity (Wildman–Crippen MR) is 91.4 cm³/mol. The first kappa shape index (κ1) is 16.7. The van der Waals surface area contributed by atoms with Crippen LogP contribution >= 0.6 is 0 Å². The van der Waals surface area contributed by atoms with E-state index in [1.165, 1.54) is 19.3 Å². The van der Waals surface area contributed by atoms with E-state index in [1.54, 1.807) is 0 Å². The fourth-order valence-corrected chi connectivity index (χ4v) is 5.72. The Morgan fingerprint density at radius 2 is 1.96 bits per heavy atom. The van der Waals surface area contributed by atoms with Crippen LogP contribution in [0.25, 0.3) is 0 Å². The smallest absolute Gasteiger partial charge is 0.222 e. The molecule has 4 rings (SSSR count). The standard InChI is InChI=1S/C18H31FN4O/c19-15-10-21-12-18(20,13-4-2-1-3-5-13)17(15)22-8-9-23-14(11-22)6-7-16(23)24/h13-15,17,21H,1-12,20H2/t14-,15?,17?,18?/m0/s1. The van der Waals surface area contributed by atoms with Crippen LogP contribution in [-0.4, -0.2) is 72.2 Å². The third kappa shape index (κ3) is 2.76. The van der Waals surface area contributed by atoms with Gasteiger partial charge in [0.25, 0.3) is 0 Å². The molecule has 0 spiro atoms. The van der Waals surface area contributed by atoms with Gasteiger partial charge < -0.3 is 16.0 Å². The van der Waals surface area contributed by atoms with Crippen molar-refractivity contribution in [2.45, 2.75) is 68.7 Å². The molecule has 1 amide bonds. The molecule has 4 atom stereocenters. The Bertz CT molecular complexity index is 484. The molecule has 3 heterocycles. The molecule has 3 aliphatic heterocycles. The maximum atomic E-state index is 15.0. The van der Waals surface area contributed by atoms with Crippen molar-refractivity contribution >= 4 is 5.91 Å². The van der Waals surface area contributed by atoms with Crippen molar-refractivity contribution in [1.82, 2.24) is 15.1 Å². The van der Waals surface area contributed by atoms with E-state index in [2.05, 4.69) is 10.2 Å². The average molecular weight is 338 g/mol. The van der Waals surface area contributed by atoms with Crippen LogP contribution in [0.1, 0.15) is 44.9 Å². The predicted octanol–water partition coefficient (Wildman–Crippen LogP) is 0.881. The zero-order valence-electron chi connectivity index (χ0n) is 14.6. The van der Waals surface area contributed by atoms with Crippen molar-refractivity contribution in [2.75, 3.05) is 32.7 Å². The zero-order valence-corrected chi connectivity index (χ0v) is 14.6. The van der Waals surface area contributed by atoms with Gasteiger partial charge in [-0.05, 0) is 25.2 Å². The third-order valence-corrected chi connectivity index (χ3v) is 6.95. The minimum Gasteiger partial charge on any atom is -0.337 e. The van der Waals surface area contributed by atoms with Gasteiger partial charge in [-0.2, -0.15) is 0 Å². The molecule has 1 aliphatic carbocycles. The normalized spacial score (nSPS) is 42.3. The number of piperazine rings is 1. The number of nitrogens with two attached hydrogens (primary N) is 1. The summed E-state index contributed by atoms with van der Waals surface area (Å²) in [6.45, 7) is 3.41. The van der Waals surface area contributed by atoms with E-state index in [0.717, 1.165) is 38.9 Å². The number of carbonyl (C=O) groups is 1. The second-order valence-corrected chi connectivity index (χ2v) is 8.31. The number of rotatable bonds is 2. The summed E-state index contributed by atoms with van der Waals surface area (Å²) in [5, 5.41) is 3.25. The number of halogens is 1. The summed E-state index contributed by atoms with van der Waals surface area (Å²) in [5.74, 6) is 0.679. The second kappa shape index (κ2) is 6.54. The maximum absolute atomic E-state index is 15.0. The van der Waals surface area contributed by atoms with Crippen LogP contribution in [0.2, 0.25) is 0 Å². The number of hydrogen-bond acceptors (Lipinski definition) is 4. The number of nitrogens with zero attached hydrogens (tertiary/aromatic N) is 2. The lowest BCUT2D eigenvalue weighted by Crippen LogP contribution is -2.75. The first-order valence-corrected chi connectivity index (χ1v) is 9.77. The van der Waals surface area contributed by atoms with E-state index < -0.39 is 11.7 Å². The molecule has 4 fully saturated rings. The molecule has 3 N–H and O–H groups in total. The number of alkyl halides is 1. The monoisotopic (exact) mass is 338 g/mol. The largest absolute Gasteiger partial charge is 0.337 e. The van der Waals surface area contributed by atoms with Gasteiger partial charge in [-0.1, -0.05) is 19.3 Å². The van der Waals surface area contributed by atoms with Crippen molar-refractivity contribution in [2.24, 2.45) is 11.7 Å². The van der Waals surface area contributed by atoms with Crippen LogP contribution in [-0.2, 0) is 4.79 Å². The minimum atomic E-state index is -0.922. The Hall–Kier alpha value is -0.720. The Kier molecular flexibility index (Phi) is 4.56. The van der Waals surface area contributed by atoms with Crippen molar-refractivity contribution in [3.8, 4) is 0 Å². The van der Waals surface area contributed by atoms with Crippen LogP contribution < -0.4 is 11.1 Å². The highest BCUT2D eigenvalue weighted by molar-refractivity contribution is 5.78. The van der Waals surface area contributed by atoms with Crippen LogP contribution in [0.5, 0.6) is 0 Å². The summed E-state index contributed by atoms with van der Waals surface area (Å²) in [4.78, 5) is 16.2. The SMILES string of the molecule is NC1(C2CCCCC2)CNCC(F)C1N1CCN2C(=O)CC[C@H]2C1. The van der Waals surface area contributed by atoms with Gasteiger partial charge in [0, 0.05) is 50.7 Å². The van der Waals surface area contributed by atoms with Crippen molar-refractivity contribution < 1.29 is 9.18 Å². The lowest BCUT2D eigenvalue weighted by Gasteiger charge is -2.55. The number of hydrogen-bond donors (Lipinski definition) is 2. The maximum Gasteiger partial charge on any atom is 0.222 e. The fourth-order valence-electron chi connectivity index (χ4n) is 5.72. The summed E-state index contributed by atoms with van der Waals surface area (Å²) in [5.41, 5.74) is 6.46. The lowest BCUT2D eigenvalue weighted by atomic mass is 9.68. The molecule has 0 bridgehead atoms. The van der Waals surface area contributed by atoms with Gasteiger partial charge in [0.15, 0.2) is 0 Å². The van der Waals surface area contributed by atoms with Gasteiger partial charge in [-0.15, -0.1) is 0 Å². The van der Waals surface area contributed by atoms with Gasteiger partial charge >= 0.3 is 0 Å². The number of amides is 1. The van der Waals surface area contributed by atoms with E-state index in [1.807, 2.05) is 4.90 Å². The fraction of sp³-hybridized carbons (Fsp3) is 0.944. The van der Waals surface area contributed by atoms with E-state index in [0.29, 0.717) is 25.4 Å². The summed E-state index contributed by atoms with van der Waals surface area (Å²) in [7, 11) is 0. The third-order valence-electron chi connectivity index (χ3n) is 6.95. The summed E-state index contributed by atoms with van der Waals surface area (Å²) < 4.78 is 15.0. The Balaban J connectivity index is 1.54. The molecule has 4 aliphatic rings. The molecule has 1 saturated carbocycles. The topological polar surface area (TPSA) is 61.6 Å². The first-order valence-electron chi connectivity index (χ1n) is 9.77. The molecule has 0 aromatic rings. The van der Waals surface area contributed by atoms with Crippen molar-refractivity contribution in [1.29, 1.82) is 0 Å². The Morgan fingerprint density at radius 1 is 1.17 bits per heavy atom. The minimum absolute atomic E-state index is 0.209. The highest BCUT2D eigenvalue weighted by Crippen LogP contribution is 2.39. The first-order chi connectivity index (χ1) is 11.6. The van der Waals surface area contributed by atoms with Crippen molar-refractivity contribution in [3.63, 3.8) is 0 Å². The number of fused-ring (bicyclic) bond motifs is 1. The summed E-state index contributed by atoms with van der Waals surface area (Å²) in [6.07, 6.45) is 6.63. The van der Waals surface area contributed by atoms with Crippen LogP contribution in [0.3, 0.4) is 0 Å². The molecule has 3 saturated heterocycles. The lowest BCUT2D eigenvalue weighted by molar-refractivity contribution is -0.132. The average Bonchev–Trinajstić information content (AvgIpc) is 2.96. The number of nitrogens with one attached hydrogen (secondary N) is 1. The molecule has 0 aromatic heterocycles. The van der Waals surface area contributed by atoms with E-state index in [-0.39, 0.29) is 18.0 Å². The second-order valence-electron chi connectivity index (χ2n) is 8.31. The molecule has 24 heavy (non-hydrogen) atoms.